The number of rotatable bonds is 9. The van der Waals surface area contributed by atoms with Crippen molar-refractivity contribution in [1.82, 2.24) is 9.97 Å². The maximum atomic E-state index is 4.99. The molecule has 0 radical (unpaired) electrons. The molecular formula is C33H39Br3N3+. The minimum absolute atomic E-state index is 0.192. The minimum atomic E-state index is -0.192. The zero-order valence-corrected chi connectivity index (χ0v) is 28.4. The molecule has 3 aromatic heterocycles. The van der Waals surface area contributed by atoms with E-state index in [0.29, 0.717) is 29.6 Å². The first kappa shape index (κ1) is 28.0. The molecular weight excluding hydrogens is 678 g/mol. The van der Waals surface area contributed by atoms with Gasteiger partial charge in [0.15, 0.2) is 17.9 Å². The van der Waals surface area contributed by atoms with Gasteiger partial charge in [-0.1, -0.05) is 20.8 Å². The summed E-state index contributed by atoms with van der Waals surface area (Å²) in [7, 11) is 0. The number of halogens is 3. The zero-order chi connectivity index (χ0) is 27.6. The van der Waals surface area contributed by atoms with Crippen LogP contribution in [-0.4, -0.2) is 9.97 Å². The van der Waals surface area contributed by atoms with Gasteiger partial charge in [0, 0.05) is 42.8 Å². The summed E-state index contributed by atoms with van der Waals surface area (Å²) >= 11 is 11.3. The SMILES string of the molecule is CC(C)c1c(Br)c[n+](C(C)(C)c2cc(Br)nc(C3CC3CC(C)c3cc(Br)ncc3C3CC3)c2)cc1C1CC1. The Labute approximate surface area is 259 Å². The Morgan fingerprint density at radius 3 is 2.28 bits per heavy atom. The summed E-state index contributed by atoms with van der Waals surface area (Å²) in [5.74, 6) is 3.70. The van der Waals surface area contributed by atoms with Crippen LogP contribution in [0.3, 0.4) is 0 Å². The Morgan fingerprint density at radius 1 is 0.923 bits per heavy atom. The van der Waals surface area contributed by atoms with Crippen molar-refractivity contribution in [2.75, 3.05) is 0 Å². The van der Waals surface area contributed by atoms with Crippen LogP contribution in [-0.2, 0) is 5.54 Å². The van der Waals surface area contributed by atoms with Crippen LogP contribution >= 0.6 is 47.8 Å². The van der Waals surface area contributed by atoms with Crippen LogP contribution in [0.2, 0.25) is 0 Å². The normalized spacial score (nSPS) is 21.9. The second-order valence-electron chi connectivity index (χ2n) is 13.1. The summed E-state index contributed by atoms with van der Waals surface area (Å²) in [4.78, 5) is 9.54. The van der Waals surface area contributed by atoms with Crippen molar-refractivity contribution in [3.05, 3.63) is 84.0 Å². The molecule has 0 aliphatic heterocycles. The molecule has 0 bridgehead atoms. The van der Waals surface area contributed by atoms with Crippen molar-refractivity contribution >= 4 is 47.8 Å². The monoisotopic (exact) mass is 714 g/mol. The highest BCUT2D eigenvalue weighted by atomic mass is 79.9. The number of nitrogens with zero attached hydrogens (tertiary/aromatic N) is 3. The largest absolute Gasteiger partial charge is 0.249 e. The standard InChI is InChI=1S/C33H39Br3N3/c1-18(2)32-27(21-8-9-21)16-39(17-28(32)34)33(4,5)23-12-29(38-31(36)13-23)25-11-22(25)10-19(3)24-14-30(35)37-15-26(24)20-6-7-20/h12-22,25H,6-11H2,1-5H3/q+1. The summed E-state index contributed by atoms with van der Waals surface area (Å²) in [5.41, 5.74) is 8.32. The lowest BCUT2D eigenvalue weighted by molar-refractivity contribution is -0.748. The maximum Gasteiger partial charge on any atom is 0.187 e. The fraction of sp³-hybridized carbons (Fsp3) is 0.545. The van der Waals surface area contributed by atoms with Crippen molar-refractivity contribution in [2.45, 2.75) is 108 Å². The van der Waals surface area contributed by atoms with Crippen LogP contribution in [0, 0.1) is 5.92 Å². The van der Waals surface area contributed by atoms with Crippen molar-refractivity contribution in [1.29, 1.82) is 0 Å². The van der Waals surface area contributed by atoms with Gasteiger partial charge in [0.1, 0.15) is 9.21 Å². The van der Waals surface area contributed by atoms with E-state index in [9.17, 15) is 0 Å². The van der Waals surface area contributed by atoms with Crippen molar-refractivity contribution < 1.29 is 4.57 Å². The fourth-order valence-electron chi connectivity index (χ4n) is 6.52. The molecule has 3 unspecified atom stereocenters. The summed E-state index contributed by atoms with van der Waals surface area (Å²) in [5, 5.41) is 0. The summed E-state index contributed by atoms with van der Waals surface area (Å²) in [6.45, 7) is 11.7. The quantitative estimate of drug-likeness (QED) is 0.163. The van der Waals surface area contributed by atoms with Crippen LogP contribution in [0.1, 0.15) is 136 Å². The van der Waals surface area contributed by atoms with Crippen LogP contribution in [0.15, 0.2) is 50.5 Å². The zero-order valence-electron chi connectivity index (χ0n) is 23.6. The molecule has 0 amide bonds. The van der Waals surface area contributed by atoms with E-state index in [4.69, 9.17) is 4.98 Å². The third-order valence-electron chi connectivity index (χ3n) is 9.30. The van der Waals surface area contributed by atoms with Gasteiger partial charge in [-0.25, -0.2) is 9.97 Å². The van der Waals surface area contributed by atoms with Crippen molar-refractivity contribution in [3.8, 4) is 0 Å². The molecule has 0 N–H and O–H groups in total. The molecule has 39 heavy (non-hydrogen) atoms. The first-order valence-corrected chi connectivity index (χ1v) is 17.0. The lowest BCUT2D eigenvalue weighted by atomic mass is 9.89. The predicted molar refractivity (Wildman–Crippen MR) is 169 cm³/mol. The number of hydrogen-bond acceptors (Lipinski definition) is 2. The molecule has 206 valence electrons. The molecule has 6 rings (SSSR count). The van der Waals surface area contributed by atoms with Gasteiger partial charge in [-0.3, -0.25) is 0 Å². The maximum absolute atomic E-state index is 4.99. The highest BCUT2D eigenvalue weighted by Gasteiger charge is 2.43. The van der Waals surface area contributed by atoms with Crippen molar-refractivity contribution in [2.24, 2.45) is 5.92 Å². The van der Waals surface area contributed by atoms with Gasteiger partial charge in [0.05, 0.1) is 4.47 Å². The Morgan fingerprint density at radius 2 is 1.62 bits per heavy atom. The molecule has 3 aliphatic rings. The fourth-order valence-corrected chi connectivity index (χ4v) is 8.22. The Bertz CT molecular complexity index is 1410. The first-order valence-electron chi connectivity index (χ1n) is 14.6. The molecule has 0 spiro atoms. The van der Waals surface area contributed by atoms with E-state index >= 15 is 0 Å². The highest BCUT2D eigenvalue weighted by Crippen LogP contribution is 2.53. The molecule has 0 aromatic carbocycles. The van der Waals surface area contributed by atoms with Crippen LogP contribution in [0.5, 0.6) is 0 Å². The van der Waals surface area contributed by atoms with Crippen molar-refractivity contribution in [3.63, 3.8) is 0 Å². The van der Waals surface area contributed by atoms with Gasteiger partial charge in [-0.2, -0.15) is 4.57 Å². The minimum Gasteiger partial charge on any atom is -0.249 e. The van der Waals surface area contributed by atoms with E-state index in [1.807, 2.05) is 0 Å². The average Bonchev–Trinajstić information content (AvgIpc) is 3.73. The topological polar surface area (TPSA) is 29.7 Å². The average molecular weight is 717 g/mol. The number of hydrogen-bond donors (Lipinski definition) is 0. The molecule has 3 saturated carbocycles. The lowest BCUT2D eigenvalue weighted by Gasteiger charge is -2.23. The molecule has 0 saturated heterocycles. The molecule has 3 atom stereocenters. The molecule has 3 nitrogen and oxygen atoms in total. The summed E-state index contributed by atoms with van der Waals surface area (Å²) in [6, 6.07) is 6.87. The van der Waals surface area contributed by atoms with Gasteiger partial charge < -0.3 is 0 Å². The number of pyridine rings is 3. The predicted octanol–water partition coefficient (Wildman–Crippen LogP) is 10.0. The van der Waals surface area contributed by atoms with E-state index in [-0.39, 0.29) is 5.54 Å². The van der Waals surface area contributed by atoms with Gasteiger partial charge in [-0.05, 0) is 151 Å². The van der Waals surface area contributed by atoms with Gasteiger partial charge in [-0.15, -0.1) is 0 Å². The highest BCUT2D eigenvalue weighted by molar-refractivity contribution is 9.11. The Kier molecular flexibility index (Phi) is 7.63. The number of aromatic nitrogens is 3. The van der Waals surface area contributed by atoms with E-state index in [1.165, 1.54) is 76.5 Å². The molecule has 3 aromatic rings. The van der Waals surface area contributed by atoms with Crippen LogP contribution in [0.25, 0.3) is 0 Å². The summed E-state index contributed by atoms with van der Waals surface area (Å²) < 4.78 is 5.55. The van der Waals surface area contributed by atoms with E-state index in [0.717, 1.165) is 15.1 Å². The third kappa shape index (κ3) is 5.81. The second-order valence-corrected chi connectivity index (χ2v) is 15.6. The third-order valence-corrected chi connectivity index (χ3v) is 10.8. The Balaban J connectivity index is 1.24. The van der Waals surface area contributed by atoms with Gasteiger partial charge in [0.25, 0.3) is 0 Å². The summed E-state index contributed by atoms with van der Waals surface area (Å²) in [6.07, 6.45) is 14.5. The first-order chi connectivity index (χ1) is 18.5. The molecule has 3 heterocycles. The van der Waals surface area contributed by atoms with E-state index < -0.39 is 0 Å². The second kappa shape index (κ2) is 10.6. The molecule has 3 aliphatic carbocycles. The molecule has 3 fully saturated rings. The van der Waals surface area contributed by atoms with Crippen LogP contribution < -0.4 is 4.57 Å². The van der Waals surface area contributed by atoms with Gasteiger partial charge >= 0.3 is 0 Å². The Hall–Kier alpha value is -1.11. The van der Waals surface area contributed by atoms with E-state index in [2.05, 4.69) is 129 Å². The lowest BCUT2D eigenvalue weighted by Crippen LogP contribution is -2.53. The van der Waals surface area contributed by atoms with Gasteiger partial charge in [0.2, 0.25) is 0 Å². The smallest absolute Gasteiger partial charge is 0.187 e. The van der Waals surface area contributed by atoms with E-state index in [1.54, 1.807) is 0 Å². The van der Waals surface area contributed by atoms with Crippen LogP contribution in [0.4, 0.5) is 0 Å². The molecule has 6 heteroatoms.